The monoisotopic (exact) mass is 514 g/mol. The Balaban J connectivity index is 1.87. The Labute approximate surface area is 199 Å². The number of halogens is 6. The van der Waals surface area contributed by atoms with Crippen LogP contribution >= 0.6 is 34.8 Å². The highest BCUT2D eigenvalue weighted by molar-refractivity contribution is 6.41. The van der Waals surface area contributed by atoms with Gasteiger partial charge in [-0.1, -0.05) is 53.0 Å². The van der Waals surface area contributed by atoms with Crippen LogP contribution in [-0.4, -0.2) is 27.6 Å². The first-order valence-electron chi connectivity index (χ1n) is 9.16. The zero-order valence-corrected chi connectivity index (χ0v) is 18.8. The van der Waals surface area contributed by atoms with E-state index in [1.807, 2.05) is 0 Å². The van der Waals surface area contributed by atoms with Crippen LogP contribution in [0.25, 0.3) is 16.9 Å². The molecule has 0 aliphatic carbocycles. The lowest BCUT2D eigenvalue weighted by Gasteiger charge is -2.11. The van der Waals surface area contributed by atoms with Gasteiger partial charge in [-0.25, -0.2) is 9.50 Å². The van der Waals surface area contributed by atoms with Gasteiger partial charge in [-0.3, -0.25) is 4.79 Å². The van der Waals surface area contributed by atoms with E-state index in [0.717, 1.165) is 6.07 Å². The Kier molecular flexibility index (Phi) is 6.13. The number of ether oxygens (including phenoxy) is 1. The molecule has 2 heterocycles. The van der Waals surface area contributed by atoms with Gasteiger partial charge in [-0.15, -0.1) is 0 Å². The average Bonchev–Trinajstić information content (AvgIpc) is 3.11. The summed E-state index contributed by atoms with van der Waals surface area (Å²) < 4.78 is 47.2. The molecule has 4 aromatic rings. The van der Waals surface area contributed by atoms with Crippen LogP contribution in [0.2, 0.25) is 15.1 Å². The lowest BCUT2D eigenvalue weighted by molar-refractivity contribution is -0.142. The topological polar surface area (TPSA) is 68.5 Å². The minimum absolute atomic E-state index is 0.0309. The standard InChI is InChI=1S/C21H12Cl3F3N4O2/c1-33-11-5-2-4-10(8-11)14-9-15(21(25,26)27)31-19(28-14)16(24)18(30-31)20(32)29-17-12(22)6-3-7-13(17)23/h2-9H,1H3,(H,29,32). The smallest absolute Gasteiger partial charge is 0.433 e. The van der Waals surface area contributed by atoms with Crippen LogP contribution < -0.4 is 10.1 Å². The van der Waals surface area contributed by atoms with Crippen LogP contribution in [0.5, 0.6) is 5.75 Å². The van der Waals surface area contributed by atoms with Crippen molar-refractivity contribution in [2.45, 2.75) is 6.18 Å². The van der Waals surface area contributed by atoms with Gasteiger partial charge >= 0.3 is 6.18 Å². The van der Waals surface area contributed by atoms with Crippen LogP contribution in [0, 0.1) is 0 Å². The maximum absolute atomic E-state index is 13.9. The molecule has 0 aliphatic rings. The van der Waals surface area contributed by atoms with Crippen molar-refractivity contribution in [1.82, 2.24) is 14.6 Å². The highest BCUT2D eigenvalue weighted by Gasteiger charge is 2.37. The third-order valence-electron chi connectivity index (χ3n) is 4.61. The molecule has 0 radical (unpaired) electrons. The number of hydrogen-bond donors (Lipinski definition) is 1. The predicted molar refractivity (Wildman–Crippen MR) is 119 cm³/mol. The fourth-order valence-corrected chi connectivity index (χ4v) is 3.80. The zero-order chi connectivity index (χ0) is 23.9. The maximum Gasteiger partial charge on any atom is 0.433 e. The highest BCUT2D eigenvalue weighted by Crippen LogP contribution is 2.36. The molecular formula is C21H12Cl3F3N4O2. The van der Waals surface area contributed by atoms with Gasteiger partial charge in [-0.2, -0.15) is 18.3 Å². The van der Waals surface area contributed by atoms with Crippen LogP contribution in [0.4, 0.5) is 18.9 Å². The normalized spacial score (nSPS) is 11.6. The van der Waals surface area contributed by atoms with Crippen molar-refractivity contribution in [3.05, 3.63) is 75.0 Å². The van der Waals surface area contributed by atoms with E-state index in [0.29, 0.717) is 15.8 Å². The molecule has 1 amide bonds. The molecule has 0 saturated carbocycles. The summed E-state index contributed by atoms with van der Waals surface area (Å²) in [5, 5.41) is 6.10. The molecule has 6 nitrogen and oxygen atoms in total. The van der Waals surface area contributed by atoms with E-state index < -0.39 is 23.5 Å². The molecule has 0 spiro atoms. The SMILES string of the molecule is COc1cccc(-c2cc(C(F)(F)F)n3nc(C(=O)Nc4c(Cl)cccc4Cl)c(Cl)c3n2)c1. The Morgan fingerprint density at radius 3 is 2.36 bits per heavy atom. The predicted octanol–water partition coefficient (Wildman–Crippen LogP) is 6.64. The molecule has 33 heavy (non-hydrogen) atoms. The van der Waals surface area contributed by atoms with Gasteiger partial charge < -0.3 is 10.1 Å². The quantitative estimate of drug-likeness (QED) is 0.331. The summed E-state index contributed by atoms with van der Waals surface area (Å²) in [5.41, 5.74) is -1.60. The fraction of sp³-hybridized carbons (Fsp3) is 0.0952. The lowest BCUT2D eigenvalue weighted by atomic mass is 10.1. The van der Waals surface area contributed by atoms with Crippen molar-refractivity contribution < 1.29 is 22.7 Å². The van der Waals surface area contributed by atoms with E-state index in [2.05, 4.69) is 15.4 Å². The number of nitrogens with one attached hydrogen (secondary N) is 1. The third kappa shape index (κ3) is 4.44. The Bertz CT molecular complexity index is 1370. The molecule has 170 valence electrons. The van der Waals surface area contributed by atoms with Gasteiger partial charge in [0.05, 0.1) is 28.5 Å². The molecule has 0 unspecified atom stereocenters. The number of carbonyl (C=O) groups excluding carboxylic acids is 1. The number of aromatic nitrogens is 3. The first kappa shape index (κ1) is 23.2. The third-order valence-corrected chi connectivity index (χ3v) is 5.58. The molecule has 0 atom stereocenters. The summed E-state index contributed by atoms with van der Waals surface area (Å²) in [4.78, 5) is 17.0. The van der Waals surface area contributed by atoms with Gasteiger partial charge in [0.2, 0.25) is 0 Å². The summed E-state index contributed by atoms with van der Waals surface area (Å²) >= 11 is 18.4. The summed E-state index contributed by atoms with van der Waals surface area (Å²) in [6, 6.07) is 11.7. The minimum Gasteiger partial charge on any atom is -0.497 e. The van der Waals surface area contributed by atoms with E-state index in [1.54, 1.807) is 24.3 Å². The van der Waals surface area contributed by atoms with Gasteiger partial charge in [-0.05, 0) is 30.3 Å². The summed E-state index contributed by atoms with van der Waals surface area (Å²) in [6.45, 7) is 0. The number of para-hydroxylation sites is 1. The van der Waals surface area contributed by atoms with Gasteiger partial charge in [0, 0.05) is 5.56 Å². The van der Waals surface area contributed by atoms with Crippen molar-refractivity contribution in [2.24, 2.45) is 0 Å². The van der Waals surface area contributed by atoms with Crippen LogP contribution in [0.15, 0.2) is 48.5 Å². The number of rotatable bonds is 4. The van der Waals surface area contributed by atoms with Crippen molar-refractivity contribution in [2.75, 3.05) is 12.4 Å². The van der Waals surface area contributed by atoms with Gasteiger partial charge in [0.15, 0.2) is 17.0 Å². The second kappa shape index (κ2) is 8.74. The van der Waals surface area contributed by atoms with Crippen LogP contribution in [-0.2, 0) is 6.18 Å². The number of methoxy groups -OCH3 is 1. The Hall–Kier alpha value is -3.01. The van der Waals surface area contributed by atoms with Gasteiger partial charge in [0.25, 0.3) is 5.91 Å². The number of carbonyl (C=O) groups is 1. The number of hydrogen-bond acceptors (Lipinski definition) is 4. The Morgan fingerprint density at radius 2 is 1.73 bits per heavy atom. The zero-order valence-electron chi connectivity index (χ0n) is 16.5. The Morgan fingerprint density at radius 1 is 1.06 bits per heavy atom. The molecule has 0 aliphatic heterocycles. The molecule has 0 bridgehead atoms. The molecule has 12 heteroatoms. The van der Waals surface area contributed by atoms with Crippen molar-refractivity contribution in [3.8, 4) is 17.0 Å². The van der Waals surface area contributed by atoms with Crippen LogP contribution in [0.3, 0.4) is 0 Å². The second-order valence-corrected chi connectivity index (χ2v) is 7.90. The summed E-state index contributed by atoms with van der Waals surface area (Å²) in [5.74, 6) is -0.476. The number of alkyl halides is 3. The first-order valence-corrected chi connectivity index (χ1v) is 10.3. The van der Waals surface area contributed by atoms with Crippen molar-refractivity contribution in [3.63, 3.8) is 0 Å². The lowest BCUT2D eigenvalue weighted by Crippen LogP contribution is -2.16. The largest absolute Gasteiger partial charge is 0.497 e. The molecule has 4 rings (SSSR count). The van der Waals surface area contributed by atoms with Crippen molar-refractivity contribution >= 4 is 52.0 Å². The molecule has 1 N–H and O–H groups in total. The maximum atomic E-state index is 13.9. The van der Waals surface area contributed by atoms with E-state index in [1.165, 1.54) is 25.3 Å². The molecule has 0 saturated heterocycles. The van der Waals surface area contributed by atoms with E-state index in [-0.39, 0.29) is 32.1 Å². The van der Waals surface area contributed by atoms with E-state index >= 15 is 0 Å². The average molecular weight is 516 g/mol. The number of fused-ring (bicyclic) bond motifs is 1. The number of amides is 1. The number of nitrogens with zero attached hydrogens (tertiary/aromatic N) is 3. The first-order chi connectivity index (χ1) is 15.6. The molecule has 2 aromatic heterocycles. The number of anilines is 1. The van der Waals surface area contributed by atoms with E-state index in [9.17, 15) is 18.0 Å². The molecule has 0 fully saturated rings. The fourth-order valence-electron chi connectivity index (χ4n) is 3.06. The molecular weight excluding hydrogens is 504 g/mol. The second-order valence-electron chi connectivity index (χ2n) is 6.71. The van der Waals surface area contributed by atoms with Crippen molar-refractivity contribution in [1.29, 1.82) is 0 Å². The van der Waals surface area contributed by atoms with Crippen LogP contribution in [0.1, 0.15) is 16.2 Å². The summed E-state index contributed by atoms with van der Waals surface area (Å²) in [6.07, 6.45) is -4.82. The minimum atomic E-state index is -4.82. The highest BCUT2D eigenvalue weighted by atomic mass is 35.5. The van der Waals surface area contributed by atoms with E-state index in [4.69, 9.17) is 39.5 Å². The number of benzene rings is 2. The molecule has 2 aromatic carbocycles. The van der Waals surface area contributed by atoms with Gasteiger partial charge in [0.1, 0.15) is 10.8 Å². The summed E-state index contributed by atoms with van der Waals surface area (Å²) in [7, 11) is 1.43.